The molecular formula is C30H36ClN2O3+. The van der Waals surface area contributed by atoms with Crippen LogP contribution in [0.15, 0.2) is 65.2 Å². The van der Waals surface area contributed by atoms with Gasteiger partial charge in [0.2, 0.25) is 5.89 Å². The highest BCUT2D eigenvalue weighted by Gasteiger charge is 2.49. The Morgan fingerprint density at radius 2 is 1.69 bits per heavy atom. The van der Waals surface area contributed by atoms with Gasteiger partial charge < -0.3 is 18.7 Å². The van der Waals surface area contributed by atoms with Crippen molar-refractivity contribution >= 4 is 11.6 Å². The molecule has 0 radical (unpaired) electrons. The Morgan fingerprint density at radius 1 is 0.972 bits per heavy atom. The van der Waals surface area contributed by atoms with Crippen LogP contribution in [-0.4, -0.2) is 40.3 Å². The molecule has 7 rings (SSSR count). The number of quaternary nitrogens is 1. The van der Waals surface area contributed by atoms with Gasteiger partial charge in [0, 0.05) is 29.7 Å². The van der Waals surface area contributed by atoms with Gasteiger partial charge in [-0.2, -0.15) is 0 Å². The van der Waals surface area contributed by atoms with Gasteiger partial charge in [-0.3, -0.25) is 0 Å². The molecule has 4 fully saturated rings. The third-order valence-corrected chi connectivity index (χ3v) is 9.18. The summed E-state index contributed by atoms with van der Waals surface area (Å²) in [5, 5.41) is 12.9. The molecule has 0 spiro atoms. The zero-order valence-electron chi connectivity index (χ0n) is 20.8. The molecule has 2 bridgehead atoms. The number of aromatic nitrogens is 1. The highest BCUT2D eigenvalue weighted by atomic mass is 35.5. The first-order chi connectivity index (χ1) is 17.5. The molecule has 1 aliphatic carbocycles. The summed E-state index contributed by atoms with van der Waals surface area (Å²) in [6.07, 6.45) is 9.88. The van der Waals surface area contributed by atoms with Crippen LogP contribution in [-0.2, 0) is 12.1 Å². The number of halogens is 1. The highest BCUT2D eigenvalue weighted by Crippen LogP contribution is 2.44. The second-order valence-electron chi connectivity index (χ2n) is 11.2. The zero-order valence-corrected chi connectivity index (χ0v) is 21.6. The van der Waals surface area contributed by atoms with Gasteiger partial charge in [-0.1, -0.05) is 61.2 Å². The van der Waals surface area contributed by atoms with Gasteiger partial charge >= 0.3 is 0 Å². The molecule has 0 unspecified atom stereocenters. The summed E-state index contributed by atoms with van der Waals surface area (Å²) in [6.45, 7) is 4.02. The van der Waals surface area contributed by atoms with Gasteiger partial charge in [-0.05, 0) is 42.7 Å². The Labute approximate surface area is 218 Å². The van der Waals surface area contributed by atoms with E-state index in [-0.39, 0.29) is 12.0 Å². The molecule has 1 N–H and O–H groups in total. The summed E-state index contributed by atoms with van der Waals surface area (Å²) in [4.78, 5) is 4.71. The predicted octanol–water partition coefficient (Wildman–Crippen LogP) is 6.33. The molecule has 3 saturated heterocycles. The molecule has 3 aromatic rings. The largest absolute Gasteiger partial charge is 0.484 e. The summed E-state index contributed by atoms with van der Waals surface area (Å²) in [5.41, 5.74) is -0.303. The van der Waals surface area contributed by atoms with Gasteiger partial charge in [0.05, 0.1) is 19.3 Å². The summed E-state index contributed by atoms with van der Waals surface area (Å²) >= 11 is 6.06. The van der Waals surface area contributed by atoms with Crippen LogP contribution in [0.1, 0.15) is 62.2 Å². The molecule has 1 saturated carbocycles. The number of piperidine rings is 3. The van der Waals surface area contributed by atoms with E-state index in [2.05, 4.69) is 0 Å². The van der Waals surface area contributed by atoms with Crippen LogP contribution in [0.3, 0.4) is 0 Å². The van der Waals surface area contributed by atoms with Crippen LogP contribution in [0.5, 0.6) is 5.75 Å². The van der Waals surface area contributed by atoms with E-state index in [0.717, 1.165) is 91.3 Å². The van der Waals surface area contributed by atoms with E-state index in [0.29, 0.717) is 11.8 Å². The fourth-order valence-electron chi connectivity index (χ4n) is 6.90. The first-order valence-corrected chi connectivity index (χ1v) is 13.9. The average Bonchev–Trinajstić information content (AvgIpc) is 3.39. The van der Waals surface area contributed by atoms with Crippen molar-refractivity contribution in [2.24, 2.45) is 11.8 Å². The number of rotatable bonds is 7. The quantitative estimate of drug-likeness (QED) is 0.379. The number of benzene rings is 2. The Balaban J connectivity index is 1.23. The number of oxazole rings is 1. The first-order valence-electron chi connectivity index (χ1n) is 13.5. The van der Waals surface area contributed by atoms with E-state index in [1.165, 1.54) is 6.42 Å². The van der Waals surface area contributed by atoms with Crippen LogP contribution in [0, 0.1) is 11.8 Å². The highest BCUT2D eigenvalue weighted by molar-refractivity contribution is 6.30. The lowest BCUT2D eigenvalue weighted by atomic mass is 9.73. The number of ether oxygens (including phenoxy) is 1. The SMILES string of the molecule is O[C@](c1ccccc1)(c1ncc(C[N+]23CCC(CC2)[C@@H](Oc2ccc(Cl)cc2)C3)o1)C1CCCCC1. The molecular weight excluding hydrogens is 472 g/mol. The fourth-order valence-corrected chi connectivity index (χ4v) is 7.02. The van der Waals surface area contributed by atoms with Crippen LogP contribution < -0.4 is 4.74 Å². The Kier molecular flexibility index (Phi) is 6.57. The van der Waals surface area contributed by atoms with Crippen molar-refractivity contribution in [3.05, 3.63) is 83.0 Å². The summed E-state index contributed by atoms with van der Waals surface area (Å²) in [6, 6.07) is 17.7. The maximum Gasteiger partial charge on any atom is 0.231 e. The maximum atomic E-state index is 12.2. The minimum Gasteiger partial charge on any atom is -0.484 e. The third kappa shape index (κ3) is 4.57. The van der Waals surface area contributed by atoms with Crippen molar-refractivity contribution < 1.29 is 18.7 Å². The summed E-state index contributed by atoms with van der Waals surface area (Å²) in [7, 11) is 0. The first kappa shape index (κ1) is 24.0. The number of hydrogen-bond acceptors (Lipinski definition) is 4. The lowest BCUT2D eigenvalue weighted by molar-refractivity contribution is -0.958. The summed E-state index contributed by atoms with van der Waals surface area (Å²) < 4.78 is 13.8. The fraction of sp³-hybridized carbons (Fsp3) is 0.500. The maximum absolute atomic E-state index is 12.2. The van der Waals surface area contributed by atoms with E-state index in [4.69, 9.17) is 25.7 Å². The number of nitrogens with zero attached hydrogens (tertiary/aromatic N) is 2. The minimum atomic E-state index is -1.19. The third-order valence-electron chi connectivity index (χ3n) is 8.92. The number of fused-ring (bicyclic) bond motifs is 3. The van der Waals surface area contributed by atoms with Gasteiger partial charge in [-0.25, -0.2) is 4.98 Å². The molecule has 5 nitrogen and oxygen atoms in total. The molecule has 36 heavy (non-hydrogen) atoms. The van der Waals surface area contributed by atoms with Gasteiger partial charge in [0.1, 0.15) is 18.8 Å². The standard InChI is InChI=1S/C30H36ClN2O3/c31-25-11-13-26(14-12-25)35-28-21-33(17-15-22(28)16-18-33)20-27-19-32-29(36-27)30(34,23-7-3-1-4-8-23)24-9-5-2-6-10-24/h1,3-4,7-8,11-14,19,22,24,28,34H,2,5-6,9-10,15-18,20-21H2/q+1/t22?,28-,30-,33?/m0/s1. The van der Waals surface area contributed by atoms with Crippen molar-refractivity contribution in [1.82, 2.24) is 4.98 Å². The summed E-state index contributed by atoms with van der Waals surface area (Å²) in [5.74, 6) is 2.92. The van der Waals surface area contributed by atoms with E-state index >= 15 is 0 Å². The minimum absolute atomic E-state index is 0.120. The molecule has 2 aromatic carbocycles. The number of aliphatic hydroxyl groups is 1. The van der Waals surface area contributed by atoms with Gasteiger partial charge in [-0.15, -0.1) is 0 Å². The molecule has 4 aliphatic rings. The lowest BCUT2D eigenvalue weighted by Gasteiger charge is -2.51. The molecule has 2 atom stereocenters. The van der Waals surface area contributed by atoms with Crippen molar-refractivity contribution in [3.8, 4) is 5.75 Å². The molecule has 4 heterocycles. The Hall–Kier alpha value is -2.34. The van der Waals surface area contributed by atoms with Crippen LogP contribution in [0.4, 0.5) is 0 Å². The average molecular weight is 508 g/mol. The molecule has 3 aliphatic heterocycles. The second kappa shape index (κ2) is 9.85. The van der Waals surface area contributed by atoms with E-state index in [1.807, 2.05) is 60.8 Å². The molecule has 6 heteroatoms. The second-order valence-corrected chi connectivity index (χ2v) is 11.6. The Morgan fingerprint density at radius 3 is 2.42 bits per heavy atom. The molecule has 1 aromatic heterocycles. The van der Waals surface area contributed by atoms with Crippen molar-refractivity contribution in [2.75, 3.05) is 19.6 Å². The Bertz CT molecular complexity index is 1150. The van der Waals surface area contributed by atoms with Gasteiger partial charge in [0.15, 0.2) is 17.5 Å². The molecule has 0 amide bonds. The smallest absolute Gasteiger partial charge is 0.231 e. The molecule has 190 valence electrons. The van der Waals surface area contributed by atoms with Gasteiger partial charge in [0.25, 0.3) is 0 Å². The van der Waals surface area contributed by atoms with Crippen LogP contribution >= 0.6 is 11.6 Å². The normalized spacial score (nSPS) is 28.1. The van der Waals surface area contributed by atoms with E-state index < -0.39 is 5.60 Å². The monoisotopic (exact) mass is 507 g/mol. The van der Waals surface area contributed by atoms with Crippen molar-refractivity contribution in [1.29, 1.82) is 0 Å². The van der Waals surface area contributed by atoms with E-state index in [1.54, 1.807) is 0 Å². The zero-order chi connectivity index (χ0) is 24.6. The van der Waals surface area contributed by atoms with Crippen molar-refractivity contribution in [2.45, 2.75) is 63.2 Å². The lowest BCUT2D eigenvalue weighted by Crippen LogP contribution is -2.64. The van der Waals surface area contributed by atoms with Crippen LogP contribution in [0.25, 0.3) is 0 Å². The van der Waals surface area contributed by atoms with Crippen LogP contribution in [0.2, 0.25) is 5.02 Å². The number of hydrogen-bond donors (Lipinski definition) is 1. The van der Waals surface area contributed by atoms with Crippen molar-refractivity contribution in [3.63, 3.8) is 0 Å². The predicted molar refractivity (Wildman–Crippen MR) is 140 cm³/mol. The topological polar surface area (TPSA) is 55.5 Å². The van der Waals surface area contributed by atoms with E-state index in [9.17, 15) is 5.11 Å².